The van der Waals surface area contributed by atoms with Crippen LogP contribution in [0.1, 0.15) is 19.3 Å². The van der Waals surface area contributed by atoms with E-state index < -0.39 is 0 Å². The summed E-state index contributed by atoms with van der Waals surface area (Å²) in [7, 11) is 0. The fraction of sp³-hybridized carbons (Fsp3) is 0.615. The Hall–Kier alpha value is -1.29. The van der Waals surface area contributed by atoms with E-state index in [1.165, 1.54) is 38.0 Å². The van der Waals surface area contributed by atoms with E-state index in [4.69, 9.17) is 5.73 Å². The van der Waals surface area contributed by atoms with Gasteiger partial charge in [-0.15, -0.1) is 0 Å². The predicted molar refractivity (Wildman–Crippen MR) is 70.1 cm³/mol. The van der Waals surface area contributed by atoms with Gasteiger partial charge in [-0.3, -0.25) is 4.90 Å². The molecule has 3 rings (SSSR count). The Kier molecular flexibility index (Phi) is 2.89. The van der Waals surface area contributed by atoms with Crippen molar-refractivity contribution >= 4 is 11.5 Å². The van der Waals surface area contributed by atoms with Crippen molar-refractivity contribution in [3.05, 3.63) is 18.3 Å². The van der Waals surface area contributed by atoms with Gasteiger partial charge in [-0.2, -0.15) is 0 Å². The third-order valence-corrected chi connectivity index (χ3v) is 3.95. The van der Waals surface area contributed by atoms with Crippen molar-refractivity contribution in [3.8, 4) is 0 Å². The van der Waals surface area contributed by atoms with Crippen LogP contribution in [0.2, 0.25) is 0 Å². The second-order valence-corrected chi connectivity index (χ2v) is 5.07. The molecule has 1 unspecified atom stereocenters. The van der Waals surface area contributed by atoms with E-state index in [1.54, 1.807) is 6.20 Å². The molecule has 1 aromatic rings. The van der Waals surface area contributed by atoms with Crippen molar-refractivity contribution < 1.29 is 0 Å². The number of aromatic nitrogens is 1. The average Bonchev–Trinajstić information content (AvgIpc) is 3.00. The van der Waals surface area contributed by atoms with Gasteiger partial charge in [0, 0.05) is 37.1 Å². The van der Waals surface area contributed by atoms with Crippen LogP contribution in [-0.4, -0.2) is 42.1 Å². The second-order valence-electron chi connectivity index (χ2n) is 5.07. The Labute approximate surface area is 102 Å². The molecule has 2 aliphatic rings. The molecule has 2 aliphatic heterocycles. The number of hydrogen-bond donors (Lipinski definition) is 1. The van der Waals surface area contributed by atoms with Crippen LogP contribution in [0.5, 0.6) is 0 Å². The summed E-state index contributed by atoms with van der Waals surface area (Å²) in [5.41, 5.74) is 6.96. The molecule has 0 saturated carbocycles. The predicted octanol–water partition coefficient (Wildman–Crippen LogP) is 1.34. The number of rotatable bonds is 2. The van der Waals surface area contributed by atoms with Crippen molar-refractivity contribution in [2.45, 2.75) is 25.3 Å². The molecule has 4 heteroatoms. The summed E-state index contributed by atoms with van der Waals surface area (Å²) in [6.45, 7) is 4.86. The third-order valence-electron chi connectivity index (χ3n) is 3.95. The van der Waals surface area contributed by atoms with Gasteiger partial charge >= 0.3 is 0 Å². The summed E-state index contributed by atoms with van der Waals surface area (Å²) in [5.74, 6) is 0.618. The van der Waals surface area contributed by atoms with E-state index in [9.17, 15) is 0 Å². The molecule has 1 aromatic heterocycles. The van der Waals surface area contributed by atoms with E-state index in [0.717, 1.165) is 19.1 Å². The van der Waals surface area contributed by atoms with Crippen molar-refractivity contribution in [1.29, 1.82) is 0 Å². The maximum Gasteiger partial charge on any atom is 0.125 e. The summed E-state index contributed by atoms with van der Waals surface area (Å²) >= 11 is 0. The number of nitrogen functional groups attached to an aromatic ring is 1. The third kappa shape index (κ3) is 2.22. The highest BCUT2D eigenvalue weighted by Crippen LogP contribution is 2.25. The summed E-state index contributed by atoms with van der Waals surface area (Å²) in [4.78, 5) is 9.12. The summed E-state index contributed by atoms with van der Waals surface area (Å²) in [6.07, 6.45) is 5.83. The molecule has 2 saturated heterocycles. The molecule has 92 valence electrons. The molecule has 0 amide bonds. The van der Waals surface area contributed by atoms with Crippen molar-refractivity contribution in [2.24, 2.45) is 0 Å². The smallest absolute Gasteiger partial charge is 0.125 e. The molecule has 4 nitrogen and oxygen atoms in total. The van der Waals surface area contributed by atoms with E-state index in [0.29, 0.717) is 5.82 Å². The minimum absolute atomic E-state index is 0.618. The highest BCUT2D eigenvalue weighted by atomic mass is 15.3. The van der Waals surface area contributed by atoms with Crippen LogP contribution in [0, 0.1) is 0 Å². The van der Waals surface area contributed by atoms with E-state index in [-0.39, 0.29) is 0 Å². The first-order valence-electron chi connectivity index (χ1n) is 6.53. The first kappa shape index (κ1) is 10.8. The lowest BCUT2D eigenvalue weighted by atomic mass is 10.2. The fourth-order valence-electron chi connectivity index (χ4n) is 3.01. The number of anilines is 2. The topological polar surface area (TPSA) is 45.4 Å². The quantitative estimate of drug-likeness (QED) is 0.836. The highest BCUT2D eigenvalue weighted by molar-refractivity contribution is 5.52. The van der Waals surface area contributed by atoms with Crippen LogP contribution < -0.4 is 10.6 Å². The minimum Gasteiger partial charge on any atom is -0.384 e. The van der Waals surface area contributed by atoms with Gasteiger partial charge in [0.2, 0.25) is 0 Å². The Morgan fingerprint density at radius 3 is 2.82 bits per heavy atom. The number of nitrogens with zero attached hydrogens (tertiary/aromatic N) is 3. The lowest BCUT2D eigenvalue weighted by Crippen LogP contribution is -2.35. The van der Waals surface area contributed by atoms with Gasteiger partial charge < -0.3 is 10.6 Å². The zero-order valence-electron chi connectivity index (χ0n) is 10.2. The molecule has 0 spiro atoms. The summed E-state index contributed by atoms with van der Waals surface area (Å²) < 4.78 is 0. The second kappa shape index (κ2) is 4.53. The molecular weight excluding hydrogens is 212 g/mol. The van der Waals surface area contributed by atoms with Crippen molar-refractivity contribution in [2.75, 3.05) is 36.8 Å². The number of likely N-dealkylation sites (tertiary alicyclic amines) is 1. The molecule has 0 bridgehead atoms. The van der Waals surface area contributed by atoms with Crippen molar-refractivity contribution in [3.63, 3.8) is 0 Å². The molecular formula is C13H20N4. The van der Waals surface area contributed by atoms with Gasteiger partial charge in [0.1, 0.15) is 5.82 Å². The first-order chi connectivity index (χ1) is 8.33. The SMILES string of the molecule is Nc1cc(N2CCC(N3CCCC3)C2)ccn1. The van der Waals surface area contributed by atoms with Gasteiger partial charge in [-0.25, -0.2) is 4.98 Å². The standard InChI is InChI=1S/C13H20N4/c14-13-9-11(3-5-15-13)17-8-4-12(10-17)16-6-1-2-7-16/h3,5,9,12H,1-2,4,6-8,10H2,(H2,14,15). The Morgan fingerprint density at radius 1 is 1.24 bits per heavy atom. The van der Waals surface area contributed by atoms with Crippen LogP contribution in [0.15, 0.2) is 18.3 Å². The van der Waals surface area contributed by atoms with Gasteiger partial charge in [-0.05, 0) is 38.4 Å². The van der Waals surface area contributed by atoms with Crippen LogP contribution in [0.3, 0.4) is 0 Å². The maximum absolute atomic E-state index is 5.73. The summed E-state index contributed by atoms with van der Waals surface area (Å²) in [6, 6.07) is 4.78. The summed E-state index contributed by atoms with van der Waals surface area (Å²) in [5, 5.41) is 0. The average molecular weight is 232 g/mol. The lowest BCUT2D eigenvalue weighted by Gasteiger charge is -2.24. The molecule has 0 radical (unpaired) electrons. The fourth-order valence-corrected chi connectivity index (χ4v) is 3.01. The highest BCUT2D eigenvalue weighted by Gasteiger charge is 2.29. The monoisotopic (exact) mass is 232 g/mol. The van der Waals surface area contributed by atoms with E-state index >= 15 is 0 Å². The largest absolute Gasteiger partial charge is 0.384 e. The van der Waals surface area contributed by atoms with Crippen LogP contribution in [0.4, 0.5) is 11.5 Å². The molecule has 0 aromatic carbocycles. The number of hydrogen-bond acceptors (Lipinski definition) is 4. The van der Waals surface area contributed by atoms with Gasteiger partial charge in [0.15, 0.2) is 0 Å². The van der Waals surface area contributed by atoms with Crippen LogP contribution >= 0.6 is 0 Å². The minimum atomic E-state index is 0.618. The van der Waals surface area contributed by atoms with Gasteiger partial charge in [0.05, 0.1) is 0 Å². The zero-order chi connectivity index (χ0) is 11.7. The van der Waals surface area contributed by atoms with Crippen molar-refractivity contribution in [1.82, 2.24) is 9.88 Å². The normalized spacial score (nSPS) is 25.6. The molecule has 1 atom stereocenters. The van der Waals surface area contributed by atoms with E-state index in [2.05, 4.69) is 20.9 Å². The molecule has 17 heavy (non-hydrogen) atoms. The lowest BCUT2D eigenvalue weighted by molar-refractivity contribution is 0.260. The Morgan fingerprint density at radius 2 is 2.06 bits per heavy atom. The zero-order valence-corrected chi connectivity index (χ0v) is 10.2. The van der Waals surface area contributed by atoms with Crippen LogP contribution in [0.25, 0.3) is 0 Å². The van der Waals surface area contributed by atoms with Gasteiger partial charge in [-0.1, -0.05) is 0 Å². The molecule has 2 N–H and O–H groups in total. The van der Waals surface area contributed by atoms with Crippen LogP contribution in [-0.2, 0) is 0 Å². The number of pyridine rings is 1. The molecule has 3 heterocycles. The maximum atomic E-state index is 5.73. The molecule has 2 fully saturated rings. The van der Waals surface area contributed by atoms with E-state index in [1.807, 2.05) is 6.07 Å². The Balaban J connectivity index is 1.67. The Bertz CT molecular complexity index is 387. The molecule has 0 aliphatic carbocycles. The van der Waals surface area contributed by atoms with Gasteiger partial charge in [0.25, 0.3) is 0 Å². The number of nitrogens with two attached hydrogens (primary N) is 1. The first-order valence-corrected chi connectivity index (χ1v) is 6.53.